The molecular weight excluding hydrogens is 262 g/mol. The first-order valence-electron chi connectivity index (χ1n) is 5.89. The summed E-state index contributed by atoms with van der Waals surface area (Å²) in [6, 6.07) is 3.01. The lowest BCUT2D eigenvalue weighted by Gasteiger charge is -2.16. The zero-order valence-corrected chi connectivity index (χ0v) is 11.3. The van der Waals surface area contributed by atoms with Gasteiger partial charge < -0.3 is 21.2 Å². The van der Waals surface area contributed by atoms with Crippen molar-refractivity contribution in [3.63, 3.8) is 0 Å². The van der Waals surface area contributed by atoms with Crippen molar-refractivity contribution in [3.05, 3.63) is 29.6 Å². The maximum Gasteiger partial charge on any atom is 0.272 e. The molecule has 4 N–H and O–H groups in total. The second-order valence-corrected chi connectivity index (χ2v) is 4.07. The molecule has 0 aliphatic carbocycles. The Kier molecular flexibility index (Phi) is 5.45. The minimum absolute atomic E-state index is 0.0792. The van der Waals surface area contributed by atoms with Gasteiger partial charge in [0, 0.05) is 38.8 Å². The molecule has 0 aromatic carbocycles. The van der Waals surface area contributed by atoms with Crippen LogP contribution >= 0.6 is 0 Å². The Morgan fingerprint density at radius 1 is 1.50 bits per heavy atom. The number of hydrogen-bond acceptors (Lipinski definition) is 5. The van der Waals surface area contributed by atoms with Crippen LogP contribution in [-0.2, 0) is 4.79 Å². The third-order valence-corrected chi connectivity index (χ3v) is 2.69. The van der Waals surface area contributed by atoms with Gasteiger partial charge in [0.15, 0.2) is 5.84 Å². The predicted octanol–water partition coefficient (Wildman–Crippen LogP) is -0.616. The van der Waals surface area contributed by atoms with Gasteiger partial charge >= 0.3 is 0 Å². The molecule has 0 saturated carbocycles. The SMILES string of the molecule is CNC(=O)CCN(C)C(=O)c1ccc(/C(N)=N/O)cn1. The van der Waals surface area contributed by atoms with E-state index in [2.05, 4.69) is 15.5 Å². The Balaban J connectivity index is 2.70. The normalized spacial score (nSPS) is 11.0. The summed E-state index contributed by atoms with van der Waals surface area (Å²) < 4.78 is 0. The van der Waals surface area contributed by atoms with Gasteiger partial charge in [-0.3, -0.25) is 14.6 Å². The zero-order chi connectivity index (χ0) is 15.1. The summed E-state index contributed by atoms with van der Waals surface area (Å²) in [5.41, 5.74) is 6.03. The number of rotatable bonds is 5. The van der Waals surface area contributed by atoms with Crippen LogP contribution in [0.25, 0.3) is 0 Å². The van der Waals surface area contributed by atoms with E-state index < -0.39 is 0 Å². The molecule has 0 aliphatic rings. The predicted molar refractivity (Wildman–Crippen MR) is 72.4 cm³/mol. The highest BCUT2D eigenvalue weighted by atomic mass is 16.4. The number of nitrogens with two attached hydrogens (primary N) is 1. The van der Waals surface area contributed by atoms with Crippen molar-refractivity contribution < 1.29 is 14.8 Å². The zero-order valence-electron chi connectivity index (χ0n) is 11.3. The molecule has 0 radical (unpaired) electrons. The summed E-state index contributed by atoms with van der Waals surface area (Å²) in [6.45, 7) is 0.294. The lowest BCUT2D eigenvalue weighted by Crippen LogP contribution is -2.32. The van der Waals surface area contributed by atoms with E-state index >= 15 is 0 Å². The molecule has 1 heterocycles. The van der Waals surface area contributed by atoms with Gasteiger partial charge in [-0.25, -0.2) is 0 Å². The van der Waals surface area contributed by atoms with Crippen molar-refractivity contribution in [1.82, 2.24) is 15.2 Å². The van der Waals surface area contributed by atoms with Crippen LogP contribution in [0.1, 0.15) is 22.5 Å². The molecule has 0 unspecified atom stereocenters. The van der Waals surface area contributed by atoms with E-state index in [0.29, 0.717) is 12.1 Å². The largest absolute Gasteiger partial charge is 0.409 e. The van der Waals surface area contributed by atoms with Crippen LogP contribution in [0.15, 0.2) is 23.5 Å². The number of carbonyl (C=O) groups is 2. The van der Waals surface area contributed by atoms with Gasteiger partial charge in [0.05, 0.1) is 0 Å². The topological polar surface area (TPSA) is 121 Å². The number of aromatic nitrogens is 1. The van der Waals surface area contributed by atoms with E-state index in [1.807, 2.05) is 0 Å². The first-order valence-corrected chi connectivity index (χ1v) is 5.89. The highest BCUT2D eigenvalue weighted by molar-refractivity contribution is 5.98. The number of hydrogen-bond donors (Lipinski definition) is 3. The maximum absolute atomic E-state index is 12.0. The number of nitrogens with zero attached hydrogens (tertiary/aromatic N) is 3. The average molecular weight is 279 g/mol. The first-order chi connectivity index (χ1) is 9.49. The van der Waals surface area contributed by atoms with E-state index in [9.17, 15) is 9.59 Å². The number of carbonyl (C=O) groups excluding carboxylic acids is 2. The van der Waals surface area contributed by atoms with Crippen LogP contribution in [0.5, 0.6) is 0 Å². The molecule has 0 aliphatic heterocycles. The number of nitrogens with one attached hydrogen (secondary N) is 1. The summed E-state index contributed by atoms with van der Waals surface area (Å²) in [5.74, 6) is -0.524. The minimum Gasteiger partial charge on any atom is -0.409 e. The smallest absolute Gasteiger partial charge is 0.272 e. The average Bonchev–Trinajstić information content (AvgIpc) is 2.50. The molecule has 0 fully saturated rings. The molecule has 8 nitrogen and oxygen atoms in total. The number of amidine groups is 1. The third-order valence-electron chi connectivity index (χ3n) is 2.69. The Labute approximate surface area is 116 Å². The minimum atomic E-state index is -0.306. The van der Waals surface area contributed by atoms with Crippen LogP contribution in [0.2, 0.25) is 0 Å². The van der Waals surface area contributed by atoms with E-state index in [4.69, 9.17) is 10.9 Å². The van der Waals surface area contributed by atoms with E-state index in [1.54, 1.807) is 7.05 Å². The monoisotopic (exact) mass is 279 g/mol. The molecule has 0 bridgehead atoms. The summed E-state index contributed by atoms with van der Waals surface area (Å²) in [4.78, 5) is 28.5. The molecular formula is C12H17N5O3. The van der Waals surface area contributed by atoms with Crippen molar-refractivity contribution in [2.45, 2.75) is 6.42 Å². The molecule has 1 aromatic heterocycles. The van der Waals surface area contributed by atoms with Gasteiger partial charge in [0.1, 0.15) is 5.69 Å². The van der Waals surface area contributed by atoms with Gasteiger partial charge in [-0.1, -0.05) is 5.16 Å². The molecule has 2 amide bonds. The van der Waals surface area contributed by atoms with Crippen molar-refractivity contribution in [2.75, 3.05) is 20.6 Å². The molecule has 0 saturated heterocycles. The second kappa shape index (κ2) is 7.07. The van der Waals surface area contributed by atoms with Gasteiger partial charge in [-0.2, -0.15) is 0 Å². The Hall–Kier alpha value is -2.64. The van der Waals surface area contributed by atoms with Crippen LogP contribution in [0.4, 0.5) is 0 Å². The molecule has 20 heavy (non-hydrogen) atoms. The van der Waals surface area contributed by atoms with Crippen LogP contribution in [0, 0.1) is 0 Å². The van der Waals surface area contributed by atoms with Crippen molar-refractivity contribution in [2.24, 2.45) is 10.9 Å². The molecule has 1 aromatic rings. The van der Waals surface area contributed by atoms with Crippen LogP contribution < -0.4 is 11.1 Å². The molecule has 108 valence electrons. The van der Waals surface area contributed by atoms with Gasteiger partial charge in [0.2, 0.25) is 5.91 Å². The lowest BCUT2D eigenvalue weighted by atomic mass is 10.2. The van der Waals surface area contributed by atoms with Crippen molar-refractivity contribution in [3.8, 4) is 0 Å². The first kappa shape index (κ1) is 15.4. The van der Waals surface area contributed by atoms with Crippen LogP contribution in [-0.4, -0.2) is 53.4 Å². The van der Waals surface area contributed by atoms with Gasteiger partial charge in [-0.05, 0) is 12.1 Å². The number of oxime groups is 1. The summed E-state index contributed by atoms with van der Waals surface area (Å²) >= 11 is 0. The fraction of sp³-hybridized carbons (Fsp3) is 0.333. The lowest BCUT2D eigenvalue weighted by molar-refractivity contribution is -0.120. The highest BCUT2D eigenvalue weighted by Crippen LogP contribution is 2.04. The van der Waals surface area contributed by atoms with Gasteiger partial charge in [-0.15, -0.1) is 0 Å². The Morgan fingerprint density at radius 2 is 2.20 bits per heavy atom. The summed E-state index contributed by atoms with van der Waals surface area (Å²) in [7, 11) is 3.13. The summed E-state index contributed by atoms with van der Waals surface area (Å²) in [5, 5.41) is 13.8. The van der Waals surface area contributed by atoms with E-state index in [0.717, 1.165) is 0 Å². The van der Waals surface area contributed by atoms with E-state index in [-0.39, 0.29) is 29.8 Å². The molecule has 0 atom stereocenters. The third kappa shape index (κ3) is 3.94. The standard InChI is InChI=1S/C12H17N5O3/c1-14-10(18)5-6-17(2)12(19)9-4-3-8(7-15-9)11(13)16-20/h3-4,7,20H,5-6H2,1-2H3,(H2,13,16)(H,14,18). The Morgan fingerprint density at radius 3 is 2.70 bits per heavy atom. The van der Waals surface area contributed by atoms with Crippen LogP contribution in [0.3, 0.4) is 0 Å². The fourth-order valence-electron chi connectivity index (χ4n) is 1.42. The highest BCUT2D eigenvalue weighted by Gasteiger charge is 2.14. The van der Waals surface area contributed by atoms with Crippen molar-refractivity contribution in [1.29, 1.82) is 0 Å². The van der Waals surface area contributed by atoms with E-state index in [1.165, 1.54) is 30.3 Å². The molecule has 8 heteroatoms. The maximum atomic E-state index is 12.0. The second-order valence-electron chi connectivity index (χ2n) is 4.07. The number of amides is 2. The Bertz CT molecular complexity index is 512. The number of pyridine rings is 1. The molecule has 0 spiro atoms. The molecule has 1 rings (SSSR count). The van der Waals surface area contributed by atoms with Gasteiger partial charge in [0.25, 0.3) is 5.91 Å². The quantitative estimate of drug-likeness (QED) is 0.287. The summed E-state index contributed by atoms with van der Waals surface area (Å²) in [6.07, 6.45) is 1.57. The van der Waals surface area contributed by atoms with Crippen molar-refractivity contribution >= 4 is 17.6 Å². The fourth-order valence-corrected chi connectivity index (χ4v) is 1.42.